The van der Waals surface area contributed by atoms with Gasteiger partial charge in [-0.25, -0.2) is 8.42 Å². The largest absolute Gasteiger partial charge is 0.395 e. The van der Waals surface area contributed by atoms with Crippen molar-refractivity contribution in [3.05, 3.63) is 29.8 Å². The molecule has 0 heterocycles. The quantitative estimate of drug-likeness (QED) is 0.814. The van der Waals surface area contributed by atoms with Gasteiger partial charge in [-0.15, -0.1) is 0 Å². The molecule has 1 aromatic rings. The smallest absolute Gasteiger partial charge is 0.180 e. The summed E-state index contributed by atoms with van der Waals surface area (Å²) in [6.45, 7) is 1.68. The summed E-state index contributed by atoms with van der Waals surface area (Å²) in [5, 5.41) is 8.58. The Morgan fingerprint density at radius 1 is 1.21 bits per heavy atom. The zero-order chi connectivity index (χ0) is 10.6. The number of benzene rings is 1. The maximum Gasteiger partial charge on any atom is 0.180 e. The van der Waals surface area contributed by atoms with Gasteiger partial charge in [0.2, 0.25) is 0 Å². The Bertz CT molecular complexity index is 378. The number of aryl methyl sites for hydroxylation is 1. The molecule has 0 atom stereocenters. The van der Waals surface area contributed by atoms with E-state index in [2.05, 4.69) is 0 Å². The van der Waals surface area contributed by atoms with E-state index in [1.165, 1.54) is 0 Å². The Hall–Kier alpha value is -0.870. The third-order valence-corrected chi connectivity index (χ3v) is 3.76. The lowest BCUT2D eigenvalue weighted by Gasteiger charge is -2.03. The molecular weight excluding hydrogens is 200 g/mol. The fourth-order valence-corrected chi connectivity index (χ4v) is 2.20. The number of hydrogen-bond acceptors (Lipinski definition) is 3. The summed E-state index contributed by atoms with van der Waals surface area (Å²) in [4.78, 5) is 0.281. The van der Waals surface area contributed by atoms with E-state index < -0.39 is 9.84 Å². The molecule has 0 aliphatic rings. The van der Waals surface area contributed by atoms with Crippen molar-refractivity contribution in [3.8, 4) is 0 Å². The summed E-state index contributed by atoms with van der Waals surface area (Å²) in [5.41, 5.74) is 1.10. The second-order valence-electron chi connectivity index (χ2n) is 3.04. The summed E-state index contributed by atoms with van der Waals surface area (Å²) < 4.78 is 22.9. The van der Waals surface area contributed by atoms with Gasteiger partial charge < -0.3 is 5.11 Å². The first-order valence-electron chi connectivity index (χ1n) is 4.52. The zero-order valence-electron chi connectivity index (χ0n) is 8.10. The van der Waals surface area contributed by atoms with Gasteiger partial charge in [0.05, 0.1) is 17.3 Å². The van der Waals surface area contributed by atoms with Crippen molar-refractivity contribution in [1.29, 1.82) is 0 Å². The Morgan fingerprint density at radius 2 is 1.79 bits per heavy atom. The van der Waals surface area contributed by atoms with Crippen LogP contribution in [0.1, 0.15) is 12.5 Å². The monoisotopic (exact) mass is 214 g/mol. The van der Waals surface area contributed by atoms with Crippen molar-refractivity contribution < 1.29 is 13.5 Å². The number of rotatable bonds is 4. The summed E-state index contributed by atoms with van der Waals surface area (Å²) in [5.74, 6) is -0.210. The molecule has 3 nitrogen and oxygen atoms in total. The summed E-state index contributed by atoms with van der Waals surface area (Å²) in [7, 11) is -3.29. The number of aliphatic hydroxyl groups excluding tert-OH is 1. The van der Waals surface area contributed by atoms with Gasteiger partial charge in [-0.1, -0.05) is 19.1 Å². The van der Waals surface area contributed by atoms with E-state index in [0.717, 1.165) is 12.0 Å². The van der Waals surface area contributed by atoms with Gasteiger partial charge in [0.1, 0.15) is 0 Å². The average Bonchev–Trinajstić information content (AvgIpc) is 2.18. The molecule has 1 aromatic carbocycles. The molecule has 0 fully saturated rings. The molecule has 0 aliphatic carbocycles. The maximum atomic E-state index is 11.5. The molecular formula is C10H14O3S. The highest BCUT2D eigenvalue weighted by Crippen LogP contribution is 2.12. The Morgan fingerprint density at radius 3 is 2.21 bits per heavy atom. The van der Waals surface area contributed by atoms with Crippen molar-refractivity contribution in [2.45, 2.75) is 18.2 Å². The third-order valence-electron chi connectivity index (χ3n) is 2.05. The lowest BCUT2D eigenvalue weighted by atomic mass is 10.2. The molecule has 0 bridgehead atoms. The van der Waals surface area contributed by atoms with E-state index >= 15 is 0 Å². The molecule has 0 saturated heterocycles. The Balaban J connectivity index is 2.97. The first-order valence-corrected chi connectivity index (χ1v) is 6.18. The lowest BCUT2D eigenvalue weighted by Crippen LogP contribution is -2.09. The van der Waals surface area contributed by atoms with Gasteiger partial charge in [0.25, 0.3) is 0 Å². The van der Waals surface area contributed by atoms with E-state index in [-0.39, 0.29) is 17.3 Å². The zero-order valence-corrected chi connectivity index (χ0v) is 8.92. The van der Waals surface area contributed by atoms with Crippen molar-refractivity contribution in [3.63, 3.8) is 0 Å². The van der Waals surface area contributed by atoms with E-state index in [4.69, 9.17) is 5.11 Å². The standard InChI is InChI=1S/C10H14O3S/c1-2-9-3-5-10(6-4-9)14(12,13)8-7-11/h3-6,11H,2,7-8H2,1H3. The van der Waals surface area contributed by atoms with Gasteiger partial charge >= 0.3 is 0 Å². The number of aliphatic hydroxyl groups is 1. The highest BCUT2D eigenvalue weighted by molar-refractivity contribution is 7.91. The summed E-state index contributed by atoms with van der Waals surface area (Å²) >= 11 is 0. The van der Waals surface area contributed by atoms with Crippen LogP contribution in [0.4, 0.5) is 0 Å². The van der Waals surface area contributed by atoms with E-state index in [0.29, 0.717) is 0 Å². The van der Waals surface area contributed by atoms with E-state index in [1.807, 2.05) is 6.92 Å². The molecule has 0 amide bonds. The minimum Gasteiger partial charge on any atom is -0.395 e. The van der Waals surface area contributed by atoms with Crippen LogP contribution in [0.2, 0.25) is 0 Å². The van der Waals surface area contributed by atoms with Crippen molar-refractivity contribution in [2.75, 3.05) is 12.4 Å². The molecule has 14 heavy (non-hydrogen) atoms. The summed E-state index contributed by atoms with van der Waals surface area (Å²) in [6.07, 6.45) is 0.889. The fraction of sp³-hybridized carbons (Fsp3) is 0.400. The Labute approximate surface area is 84.3 Å². The van der Waals surface area contributed by atoms with Gasteiger partial charge in [-0.05, 0) is 24.1 Å². The van der Waals surface area contributed by atoms with Crippen molar-refractivity contribution in [1.82, 2.24) is 0 Å². The molecule has 0 saturated carbocycles. The minimum atomic E-state index is -3.29. The van der Waals surface area contributed by atoms with E-state index in [1.54, 1.807) is 24.3 Å². The molecule has 4 heteroatoms. The molecule has 1 rings (SSSR count). The van der Waals surface area contributed by atoms with Crippen molar-refractivity contribution >= 4 is 9.84 Å². The first-order chi connectivity index (χ1) is 6.60. The molecule has 0 unspecified atom stereocenters. The van der Waals surface area contributed by atoms with Crippen LogP contribution in [0, 0.1) is 0 Å². The van der Waals surface area contributed by atoms with Crippen LogP contribution >= 0.6 is 0 Å². The van der Waals surface area contributed by atoms with Crippen LogP contribution in [-0.4, -0.2) is 25.9 Å². The topological polar surface area (TPSA) is 54.4 Å². The van der Waals surface area contributed by atoms with E-state index in [9.17, 15) is 8.42 Å². The molecule has 1 N–H and O–H groups in total. The maximum absolute atomic E-state index is 11.5. The fourth-order valence-electron chi connectivity index (χ4n) is 1.17. The van der Waals surface area contributed by atoms with Crippen molar-refractivity contribution in [2.24, 2.45) is 0 Å². The third kappa shape index (κ3) is 2.56. The van der Waals surface area contributed by atoms with Gasteiger partial charge in [-0.3, -0.25) is 0 Å². The molecule has 0 radical (unpaired) electrons. The molecule has 0 aromatic heterocycles. The second kappa shape index (κ2) is 4.57. The molecule has 78 valence electrons. The van der Waals surface area contributed by atoms with Crippen LogP contribution < -0.4 is 0 Å². The highest BCUT2D eigenvalue weighted by atomic mass is 32.2. The van der Waals surface area contributed by atoms with Crippen LogP contribution in [0.25, 0.3) is 0 Å². The molecule has 0 aliphatic heterocycles. The normalized spacial score (nSPS) is 11.6. The van der Waals surface area contributed by atoms with Gasteiger partial charge in [0.15, 0.2) is 9.84 Å². The molecule has 0 spiro atoms. The number of sulfone groups is 1. The second-order valence-corrected chi connectivity index (χ2v) is 5.15. The lowest BCUT2D eigenvalue weighted by molar-refractivity contribution is 0.319. The van der Waals surface area contributed by atoms with Crippen LogP contribution in [0.3, 0.4) is 0 Å². The Kier molecular flexibility index (Phi) is 3.66. The SMILES string of the molecule is CCc1ccc(S(=O)(=O)CCO)cc1. The predicted octanol–water partition coefficient (Wildman–Crippen LogP) is 1.02. The highest BCUT2D eigenvalue weighted by Gasteiger charge is 2.12. The number of hydrogen-bond donors (Lipinski definition) is 1. The van der Waals surface area contributed by atoms with Crippen LogP contribution in [0.15, 0.2) is 29.2 Å². The minimum absolute atomic E-state index is 0.210. The van der Waals surface area contributed by atoms with Crippen LogP contribution in [-0.2, 0) is 16.3 Å². The first kappa shape index (κ1) is 11.2. The predicted molar refractivity (Wildman–Crippen MR) is 55.0 cm³/mol. The van der Waals surface area contributed by atoms with Gasteiger partial charge in [0, 0.05) is 0 Å². The van der Waals surface area contributed by atoms with Crippen LogP contribution in [0.5, 0.6) is 0 Å². The van der Waals surface area contributed by atoms with Gasteiger partial charge in [-0.2, -0.15) is 0 Å². The average molecular weight is 214 g/mol. The summed E-state index contributed by atoms with van der Waals surface area (Å²) in [6, 6.07) is 6.77.